The van der Waals surface area contributed by atoms with Gasteiger partial charge in [0.25, 0.3) is 0 Å². The Kier molecular flexibility index (Phi) is 19.0. The Balaban J connectivity index is 0.000000168. The molecule has 0 unspecified atom stereocenters. The van der Waals surface area contributed by atoms with Gasteiger partial charge in [0.15, 0.2) is 6.20 Å². The Bertz CT molecular complexity index is 2460. The molecular formula is C49H64IN4S3+3. The van der Waals surface area contributed by atoms with E-state index in [1.165, 1.54) is 106 Å². The van der Waals surface area contributed by atoms with Crippen molar-refractivity contribution < 1.29 is 42.2 Å². The van der Waals surface area contributed by atoms with Crippen molar-refractivity contribution in [2.24, 2.45) is 0 Å². The molecule has 0 aliphatic carbocycles. The van der Waals surface area contributed by atoms with E-state index in [4.69, 9.17) is 0 Å². The second-order valence-corrected chi connectivity index (χ2v) is 18.3. The maximum Gasteiger partial charge on any atom is 0.235 e. The lowest BCUT2D eigenvalue weighted by molar-refractivity contribution is -0.673. The van der Waals surface area contributed by atoms with Gasteiger partial charge in [0.05, 0.1) is 0 Å². The fourth-order valence-corrected chi connectivity index (χ4v) is 10.4. The predicted molar refractivity (Wildman–Crippen MR) is 244 cm³/mol. The Labute approximate surface area is 371 Å². The standard InChI is InChI=1S/C14H18N.2C12H16NS.C11H14NS.HI/c1-3-4-10-15-11-9-12(2)13-7-5-6-8-14(13)15;1-4-7-13-10(3)14-12-8-9(2)5-6-11(12)13;1-3-4-9-13-10(2)14-12-8-6-5-7-11(12)13;1-3-8-12-9(2)13-11-7-5-4-6-10(11)12;/h5-9,11H,3-4,10H2,1-2H3;5-6,8H,4,7H2,1-3H3;5-8H,3-4,9H2,1-2H3;4-7H,3,8H2,1-2H3;1H/q4*+1;/p-1. The molecule has 4 aromatic carbocycles. The highest BCUT2D eigenvalue weighted by Gasteiger charge is 2.17. The molecular weight excluding hydrogens is 868 g/mol. The maximum atomic E-state index is 2.43. The predicted octanol–water partition coefficient (Wildman–Crippen LogP) is 9.66. The molecule has 4 nitrogen and oxygen atoms in total. The van der Waals surface area contributed by atoms with Crippen molar-refractivity contribution in [3.05, 3.63) is 129 Å². The number of benzene rings is 4. The van der Waals surface area contributed by atoms with Crippen LogP contribution in [-0.4, -0.2) is 0 Å². The third kappa shape index (κ3) is 12.1. The molecule has 0 spiro atoms. The van der Waals surface area contributed by atoms with Crippen LogP contribution >= 0.6 is 34.0 Å². The van der Waals surface area contributed by atoms with Crippen molar-refractivity contribution >= 4 is 75.6 Å². The molecule has 4 aromatic heterocycles. The topological polar surface area (TPSA) is 15.5 Å². The molecule has 57 heavy (non-hydrogen) atoms. The van der Waals surface area contributed by atoms with E-state index in [0.29, 0.717) is 0 Å². The molecule has 0 N–H and O–H groups in total. The Morgan fingerprint density at radius 3 is 1.44 bits per heavy atom. The Morgan fingerprint density at radius 1 is 0.439 bits per heavy atom. The van der Waals surface area contributed by atoms with Gasteiger partial charge in [-0.15, -0.1) is 0 Å². The SMILES string of the molecule is CCCC[n+]1c(C)sc2ccccc21.CCCC[n+]1ccc(C)c2ccccc21.CCC[n+]1c(C)sc2cc(C)ccc21.CCC[n+]1c(C)sc2ccccc21.[I-]. The average molecular weight is 932 g/mol. The second kappa shape index (κ2) is 23.3. The van der Waals surface area contributed by atoms with Crippen molar-refractivity contribution in [1.29, 1.82) is 0 Å². The van der Waals surface area contributed by atoms with Crippen molar-refractivity contribution in [3.8, 4) is 0 Å². The number of nitrogens with zero attached hydrogens (tertiary/aromatic N) is 4. The number of para-hydroxylation sites is 3. The minimum absolute atomic E-state index is 0. The second-order valence-electron chi connectivity index (χ2n) is 14.6. The van der Waals surface area contributed by atoms with E-state index in [-0.39, 0.29) is 24.0 Å². The zero-order valence-electron chi connectivity index (χ0n) is 35.8. The summed E-state index contributed by atoms with van der Waals surface area (Å²) in [5.41, 5.74) is 8.22. The first-order valence-electron chi connectivity index (χ1n) is 20.7. The van der Waals surface area contributed by atoms with Crippen LogP contribution in [0.3, 0.4) is 0 Å². The van der Waals surface area contributed by atoms with Crippen LogP contribution in [0, 0.1) is 34.6 Å². The van der Waals surface area contributed by atoms with Crippen LogP contribution in [0.15, 0.2) is 103 Å². The number of fused-ring (bicyclic) bond motifs is 4. The summed E-state index contributed by atoms with van der Waals surface area (Å²) < 4.78 is 13.8. The minimum Gasteiger partial charge on any atom is -1.00 e. The van der Waals surface area contributed by atoms with Gasteiger partial charge in [-0.3, -0.25) is 0 Å². The first-order chi connectivity index (χ1) is 27.2. The van der Waals surface area contributed by atoms with Crippen LogP contribution < -0.4 is 42.2 Å². The van der Waals surface area contributed by atoms with Gasteiger partial charge in [-0.25, -0.2) is 0 Å². The molecule has 0 bridgehead atoms. The van der Waals surface area contributed by atoms with Crippen LogP contribution in [-0.2, 0) is 26.2 Å². The molecule has 302 valence electrons. The highest BCUT2D eigenvalue weighted by atomic mass is 127. The van der Waals surface area contributed by atoms with Gasteiger partial charge in [0, 0.05) is 82.2 Å². The quantitative estimate of drug-likeness (QED) is 0.0960. The summed E-state index contributed by atoms with van der Waals surface area (Å²) in [6.45, 7) is 24.4. The van der Waals surface area contributed by atoms with Gasteiger partial charge >= 0.3 is 0 Å². The summed E-state index contributed by atoms with van der Waals surface area (Å²) in [5, 5.41) is 5.60. The number of thiazole rings is 3. The van der Waals surface area contributed by atoms with Gasteiger partial charge in [0.1, 0.15) is 40.3 Å². The number of hydrogen-bond acceptors (Lipinski definition) is 3. The van der Waals surface area contributed by atoms with Crippen LogP contribution in [0.25, 0.3) is 41.6 Å². The van der Waals surface area contributed by atoms with Crippen molar-refractivity contribution in [2.45, 2.75) is 127 Å². The summed E-state index contributed by atoms with van der Waals surface area (Å²) in [6.07, 6.45) is 9.63. The van der Waals surface area contributed by atoms with Gasteiger partial charge in [-0.05, 0) is 49.2 Å². The monoisotopic (exact) mass is 931 g/mol. The van der Waals surface area contributed by atoms with Gasteiger partial charge in [-0.1, -0.05) is 117 Å². The third-order valence-electron chi connectivity index (χ3n) is 10.2. The molecule has 4 heterocycles. The molecule has 0 amide bonds. The van der Waals surface area contributed by atoms with E-state index in [1.807, 2.05) is 34.0 Å². The van der Waals surface area contributed by atoms with E-state index in [0.717, 1.165) is 26.2 Å². The first-order valence-corrected chi connectivity index (χ1v) is 23.2. The third-order valence-corrected chi connectivity index (χ3v) is 13.4. The molecule has 0 aliphatic rings. The molecule has 0 saturated carbocycles. The fraction of sp³-hybridized carbons (Fsp3) is 0.388. The highest BCUT2D eigenvalue weighted by Crippen LogP contribution is 2.22. The van der Waals surface area contributed by atoms with Crippen LogP contribution in [0.1, 0.15) is 92.4 Å². The largest absolute Gasteiger partial charge is 1.00 e. The van der Waals surface area contributed by atoms with Gasteiger partial charge in [-0.2, -0.15) is 18.3 Å². The Hall–Kier alpha value is -3.31. The zero-order chi connectivity index (χ0) is 40.0. The summed E-state index contributed by atoms with van der Waals surface area (Å²) in [5.74, 6) is 0. The van der Waals surface area contributed by atoms with Gasteiger partial charge in [0.2, 0.25) is 37.1 Å². The molecule has 0 atom stereocenters. The highest BCUT2D eigenvalue weighted by molar-refractivity contribution is 7.18. The van der Waals surface area contributed by atoms with Crippen LogP contribution in [0.5, 0.6) is 0 Å². The number of aromatic nitrogens is 4. The number of rotatable bonds is 10. The summed E-state index contributed by atoms with van der Waals surface area (Å²) in [6, 6.07) is 34.8. The fourth-order valence-electron chi connectivity index (χ4n) is 7.16. The van der Waals surface area contributed by atoms with Crippen molar-refractivity contribution in [1.82, 2.24) is 0 Å². The molecule has 0 radical (unpaired) electrons. The molecule has 8 heteroatoms. The lowest BCUT2D eigenvalue weighted by atomic mass is 10.1. The number of aryl methyl sites for hydroxylation is 9. The number of halogens is 1. The lowest BCUT2D eigenvalue weighted by Gasteiger charge is -2.02. The number of pyridine rings is 1. The summed E-state index contributed by atoms with van der Waals surface area (Å²) in [4.78, 5) is 0. The molecule has 0 saturated heterocycles. The first kappa shape index (κ1) is 46.4. The zero-order valence-corrected chi connectivity index (χ0v) is 40.4. The van der Waals surface area contributed by atoms with E-state index in [2.05, 4.69) is 184 Å². The molecule has 0 aliphatic heterocycles. The maximum absolute atomic E-state index is 2.43. The van der Waals surface area contributed by atoms with Crippen molar-refractivity contribution in [3.63, 3.8) is 0 Å². The molecule has 8 aromatic rings. The smallest absolute Gasteiger partial charge is 0.235 e. The number of unbranched alkanes of at least 4 members (excludes halogenated alkanes) is 2. The van der Waals surface area contributed by atoms with E-state index >= 15 is 0 Å². The lowest BCUT2D eigenvalue weighted by Crippen LogP contribution is -3.00. The minimum atomic E-state index is 0. The normalized spacial score (nSPS) is 10.8. The van der Waals surface area contributed by atoms with E-state index in [1.54, 1.807) is 0 Å². The Morgan fingerprint density at radius 2 is 0.895 bits per heavy atom. The van der Waals surface area contributed by atoms with Crippen molar-refractivity contribution in [2.75, 3.05) is 0 Å². The summed E-state index contributed by atoms with van der Waals surface area (Å²) in [7, 11) is 0. The number of hydrogen-bond donors (Lipinski definition) is 0. The van der Waals surface area contributed by atoms with Crippen LogP contribution in [0.2, 0.25) is 0 Å². The van der Waals surface area contributed by atoms with E-state index in [9.17, 15) is 0 Å². The summed E-state index contributed by atoms with van der Waals surface area (Å²) >= 11 is 5.67. The average Bonchev–Trinajstić information content (AvgIpc) is 3.82. The molecule has 0 fully saturated rings. The van der Waals surface area contributed by atoms with Crippen LogP contribution in [0.4, 0.5) is 0 Å². The molecule has 8 rings (SSSR count). The van der Waals surface area contributed by atoms with Gasteiger partial charge < -0.3 is 24.0 Å². The van der Waals surface area contributed by atoms with E-state index < -0.39 is 0 Å².